The second-order valence-corrected chi connectivity index (χ2v) is 6.54. The number of rotatable bonds is 3. The average Bonchev–Trinajstić information content (AvgIpc) is 2.52. The molecule has 2 N–H and O–H groups in total. The molecule has 1 amide bonds. The Morgan fingerprint density at radius 2 is 1.83 bits per heavy atom. The Labute approximate surface area is 153 Å². The first kappa shape index (κ1) is 19.1. The lowest BCUT2D eigenvalue weighted by Gasteiger charge is -2.35. The fraction of sp³-hybridized carbons (Fsp3) is 0.500. The van der Waals surface area contributed by atoms with E-state index in [1.54, 1.807) is 4.90 Å². The normalized spacial score (nSPS) is 20.8. The van der Waals surface area contributed by atoms with Crippen LogP contribution in [-0.4, -0.2) is 53.7 Å². The van der Waals surface area contributed by atoms with Gasteiger partial charge in [-0.25, -0.2) is 9.78 Å². The van der Waals surface area contributed by atoms with E-state index in [1.807, 2.05) is 13.8 Å². The summed E-state index contributed by atoms with van der Waals surface area (Å²) < 4.78 is 10.5. The minimum atomic E-state index is -0.909. The molecule has 0 unspecified atom stereocenters. The largest absolute Gasteiger partial charge is 0.451 e. The standard InChI is InChI=1S/C14H16Cl3N3O4/c1-6-3-20(4-7(2)24-6)8(21)5-23-14(22)12-9(15)11(18)10(16)13(17)19-12/h6-7H,3-5H2,1-2H3,(H2,18,19)/t6-,7-/m0/s1. The van der Waals surface area contributed by atoms with Crippen molar-refractivity contribution in [3.05, 3.63) is 20.9 Å². The monoisotopic (exact) mass is 395 g/mol. The number of carbonyl (C=O) groups excluding carboxylic acids is 2. The van der Waals surface area contributed by atoms with E-state index in [-0.39, 0.29) is 44.7 Å². The van der Waals surface area contributed by atoms with Crippen molar-refractivity contribution in [2.45, 2.75) is 26.1 Å². The molecule has 1 aromatic rings. The highest BCUT2D eigenvalue weighted by atomic mass is 35.5. The first-order valence-electron chi connectivity index (χ1n) is 7.11. The third-order valence-corrected chi connectivity index (χ3v) is 4.50. The summed E-state index contributed by atoms with van der Waals surface area (Å²) in [5, 5.41) is -0.395. The van der Waals surface area contributed by atoms with E-state index in [9.17, 15) is 9.59 Å². The highest BCUT2D eigenvalue weighted by molar-refractivity contribution is 6.46. The zero-order chi connectivity index (χ0) is 18.0. The molecule has 1 aliphatic rings. The van der Waals surface area contributed by atoms with E-state index < -0.39 is 12.6 Å². The fourth-order valence-electron chi connectivity index (χ4n) is 2.34. The van der Waals surface area contributed by atoms with Crippen molar-refractivity contribution in [1.82, 2.24) is 9.88 Å². The second kappa shape index (κ2) is 7.74. The Kier molecular flexibility index (Phi) is 6.14. The van der Waals surface area contributed by atoms with Gasteiger partial charge in [0, 0.05) is 13.1 Å². The predicted octanol–water partition coefficient (Wildman–Crippen LogP) is 2.42. The highest BCUT2D eigenvalue weighted by Crippen LogP contribution is 2.34. The molecule has 1 fully saturated rings. The minimum Gasteiger partial charge on any atom is -0.451 e. The smallest absolute Gasteiger partial charge is 0.359 e. The number of hydrogen-bond donors (Lipinski definition) is 1. The molecule has 0 radical (unpaired) electrons. The molecule has 7 nitrogen and oxygen atoms in total. The van der Waals surface area contributed by atoms with Crippen LogP contribution >= 0.6 is 34.8 Å². The molecule has 1 aromatic heterocycles. The van der Waals surface area contributed by atoms with Crippen molar-refractivity contribution in [2.75, 3.05) is 25.4 Å². The van der Waals surface area contributed by atoms with Crippen LogP contribution in [0.15, 0.2) is 0 Å². The maximum Gasteiger partial charge on any atom is 0.359 e. The van der Waals surface area contributed by atoms with E-state index in [2.05, 4.69) is 4.98 Å². The van der Waals surface area contributed by atoms with Gasteiger partial charge in [-0.3, -0.25) is 4.79 Å². The molecule has 2 atom stereocenters. The van der Waals surface area contributed by atoms with Crippen molar-refractivity contribution >= 4 is 52.4 Å². The van der Waals surface area contributed by atoms with Crippen LogP contribution < -0.4 is 5.73 Å². The molecule has 0 aliphatic carbocycles. The van der Waals surface area contributed by atoms with Crippen molar-refractivity contribution in [2.24, 2.45) is 0 Å². The van der Waals surface area contributed by atoms with Gasteiger partial charge in [0.15, 0.2) is 17.5 Å². The second-order valence-electron chi connectivity index (χ2n) is 5.43. The zero-order valence-electron chi connectivity index (χ0n) is 13.0. The Morgan fingerprint density at radius 1 is 1.25 bits per heavy atom. The van der Waals surface area contributed by atoms with E-state index in [4.69, 9.17) is 50.0 Å². The number of aromatic nitrogens is 1. The number of amides is 1. The molecule has 2 rings (SSSR count). The molecule has 1 aliphatic heterocycles. The quantitative estimate of drug-likeness (QED) is 0.623. The summed E-state index contributed by atoms with van der Waals surface area (Å²) in [5.74, 6) is -1.25. The van der Waals surface area contributed by atoms with E-state index in [0.29, 0.717) is 13.1 Å². The number of anilines is 1. The summed E-state index contributed by atoms with van der Waals surface area (Å²) in [4.78, 5) is 29.6. The Morgan fingerprint density at radius 3 is 2.42 bits per heavy atom. The molecule has 132 valence electrons. The van der Waals surface area contributed by atoms with Crippen LogP contribution in [0.4, 0.5) is 5.69 Å². The Bertz CT molecular complexity index is 661. The van der Waals surface area contributed by atoms with Gasteiger partial charge in [0.2, 0.25) is 0 Å². The van der Waals surface area contributed by atoms with Gasteiger partial charge in [-0.15, -0.1) is 0 Å². The Balaban J connectivity index is 2.02. The molecule has 24 heavy (non-hydrogen) atoms. The number of morpholine rings is 1. The summed E-state index contributed by atoms with van der Waals surface area (Å²) in [7, 11) is 0. The summed E-state index contributed by atoms with van der Waals surface area (Å²) in [6.45, 7) is 4.14. The van der Waals surface area contributed by atoms with Gasteiger partial charge in [-0.2, -0.15) is 0 Å². The highest BCUT2D eigenvalue weighted by Gasteiger charge is 2.27. The fourth-order valence-corrected chi connectivity index (χ4v) is 2.92. The van der Waals surface area contributed by atoms with Crippen LogP contribution in [0.2, 0.25) is 15.2 Å². The minimum absolute atomic E-state index is 0.0504. The van der Waals surface area contributed by atoms with Crippen LogP contribution in [0.1, 0.15) is 24.3 Å². The van der Waals surface area contributed by atoms with Gasteiger partial charge >= 0.3 is 5.97 Å². The van der Waals surface area contributed by atoms with E-state index >= 15 is 0 Å². The van der Waals surface area contributed by atoms with Gasteiger partial charge in [0.05, 0.1) is 22.9 Å². The lowest BCUT2D eigenvalue weighted by Crippen LogP contribution is -2.49. The van der Waals surface area contributed by atoms with Crippen LogP contribution in [0.3, 0.4) is 0 Å². The zero-order valence-corrected chi connectivity index (χ0v) is 15.3. The maximum atomic E-state index is 12.2. The van der Waals surface area contributed by atoms with Gasteiger partial charge in [-0.05, 0) is 13.8 Å². The van der Waals surface area contributed by atoms with Gasteiger partial charge in [-0.1, -0.05) is 34.8 Å². The van der Waals surface area contributed by atoms with Crippen molar-refractivity contribution in [3.63, 3.8) is 0 Å². The molecule has 0 aromatic carbocycles. The van der Waals surface area contributed by atoms with Crippen LogP contribution in [0.5, 0.6) is 0 Å². The van der Waals surface area contributed by atoms with Crippen LogP contribution in [-0.2, 0) is 14.3 Å². The number of halogens is 3. The number of carbonyl (C=O) groups is 2. The van der Waals surface area contributed by atoms with Crippen molar-refractivity contribution in [3.8, 4) is 0 Å². The topological polar surface area (TPSA) is 94.8 Å². The molecule has 0 spiro atoms. The van der Waals surface area contributed by atoms with Crippen LogP contribution in [0, 0.1) is 0 Å². The van der Waals surface area contributed by atoms with Gasteiger partial charge < -0.3 is 20.1 Å². The lowest BCUT2D eigenvalue weighted by molar-refractivity contribution is -0.146. The number of ether oxygens (including phenoxy) is 2. The summed E-state index contributed by atoms with van der Waals surface area (Å²) >= 11 is 17.5. The van der Waals surface area contributed by atoms with Crippen molar-refractivity contribution < 1.29 is 19.1 Å². The van der Waals surface area contributed by atoms with Gasteiger partial charge in [0.1, 0.15) is 5.02 Å². The molecular formula is C14H16Cl3N3O4. The van der Waals surface area contributed by atoms with E-state index in [1.165, 1.54) is 0 Å². The maximum absolute atomic E-state index is 12.2. The number of esters is 1. The molecule has 2 heterocycles. The summed E-state index contributed by atoms with van der Waals surface area (Å²) in [6.07, 6.45) is -0.168. The first-order chi connectivity index (χ1) is 11.2. The number of pyridine rings is 1. The Hall–Kier alpha value is -1.28. The molecule has 10 heteroatoms. The third kappa shape index (κ3) is 4.22. The first-order valence-corrected chi connectivity index (χ1v) is 8.24. The number of nitrogens with zero attached hydrogens (tertiary/aromatic N) is 2. The third-order valence-electron chi connectivity index (χ3n) is 3.36. The van der Waals surface area contributed by atoms with Gasteiger partial charge in [0.25, 0.3) is 5.91 Å². The predicted molar refractivity (Wildman–Crippen MR) is 90.6 cm³/mol. The number of hydrogen-bond acceptors (Lipinski definition) is 6. The molecule has 1 saturated heterocycles. The molecule has 0 saturated carbocycles. The summed E-state index contributed by atoms with van der Waals surface area (Å²) in [6, 6.07) is 0. The SMILES string of the molecule is C[C@H]1CN(C(=O)COC(=O)c2nc(Cl)c(Cl)c(N)c2Cl)C[C@H](C)O1. The lowest BCUT2D eigenvalue weighted by atomic mass is 10.2. The van der Waals surface area contributed by atoms with Crippen molar-refractivity contribution in [1.29, 1.82) is 0 Å². The molecule has 0 bridgehead atoms. The number of nitrogen functional groups attached to an aromatic ring is 1. The number of nitrogens with two attached hydrogens (primary N) is 1. The average molecular weight is 397 g/mol. The molecular weight excluding hydrogens is 381 g/mol. The van der Waals surface area contributed by atoms with E-state index in [0.717, 1.165) is 0 Å². The summed E-state index contributed by atoms with van der Waals surface area (Å²) in [5.41, 5.74) is 5.27. The van der Waals surface area contributed by atoms with Crippen LogP contribution in [0.25, 0.3) is 0 Å².